The molecule has 0 aliphatic rings. The molecule has 1 atom stereocenters. The maximum Gasteiger partial charge on any atom is 0.221 e. The summed E-state index contributed by atoms with van der Waals surface area (Å²) in [5, 5.41) is 4.09. The minimum Gasteiger partial charge on any atom is -0.354 e. The van der Waals surface area contributed by atoms with Crippen molar-refractivity contribution in [1.29, 1.82) is 0 Å². The third kappa shape index (κ3) is 4.82. The van der Waals surface area contributed by atoms with E-state index in [2.05, 4.69) is 16.8 Å². The maximum absolute atomic E-state index is 12.2. The first-order chi connectivity index (χ1) is 13.0. The molecule has 0 aliphatic heterocycles. The van der Waals surface area contributed by atoms with Gasteiger partial charge in [-0.1, -0.05) is 48.3 Å². The molecule has 6 heteroatoms. The van der Waals surface area contributed by atoms with Crippen molar-refractivity contribution in [2.24, 2.45) is 0 Å². The first-order valence-corrected chi connectivity index (χ1v) is 9.91. The number of carbonyl (C=O) groups excluding carboxylic acids is 1. The number of aryl methyl sites for hydroxylation is 1. The zero-order valence-electron chi connectivity index (χ0n) is 15.5. The first-order valence-electron chi connectivity index (χ1n) is 9.15. The smallest absolute Gasteiger partial charge is 0.221 e. The molecular formula is C21H23Cl2N3O. The van der Waals surface area contributed by atoms with Crippen molar-refractivity contribution in [2.75, 3.05) is 0 Å². The number of halogens is 2. The molecule has 2 aromatic carbocycles. The largest absolute Gasteiger partial charge is 0.354 e. The summed E-state index contributed by atoms with van der Waals surface area (Å²) in [7, 11) is 0. The molecule has 4 nitrogen and oxygen atoms in total. The normalized spacial score (nSPS) is 12.3. The lowest BCUT2D eigenvalue weighted by Gasteiger charge is -2.13. The van der Waals surface area contributed by atoms with Crippen LogP contribution < -0.4 is 5.32 Å². The highest BCUT2D eigenvalue weighted by atomic mass is 35.5. The Labute approximate surface area is 169 Å². The average Bonchev–Trinajstić information content (AvgIpc) is 3.00. The van der Waals surface area contributed by atoms with Gasteiger partial charge in [-0.15, -0.1) is 0 Å². The van der Waals surface area contributed by atoms with E-state index in [4.69, 9.17) is 28.2 Å². The zero-order chi connectivity index (χ0) is 19.4. The number of imidazole rings is 1. The van der Waals surface area contributed by atoms with Crippen LogP contribution in [0.2, 0.25) is 10.0 Å². The monoisotopic (exact) mass is 403 g/mol. The molecule has 0 bridgehead atoms. The minimum atomic E-state index is 0.0580. The topological polar surface area (TPSA) is 46.9 Å². The summed E-state index contributed by atoms with van der Waals surface area (Å²) in [6, 6.07) is 13.8. The molecule has 1 heterocycles. The standard InChI is InChI=1S/C21H23Cl2N3O/c1-3-14(2)24-21(27)10-11-26-19-7-5-4-6-18(19)25-20(26)13-15-8-9-16(22)17(23)12-15/h4-9,12,14H,3,10-11,13H2,1-2H3,(H,24,27). The molecule has 0 aliphatic carbocycles. The highest BCUT2D eigenvalue weighted by molar-refractivity contribution is 6.42. The number of hydrogen-bond donors (Lipinski definition) is 1. The van der Waals surface area contributed by atoms with Gasteiger partial charge in [-0.3, -0.25) is 4.79 Å². The summed E-state index contributed by atoms with van der Waals surface area (Å²) in [5.41, 5.74) is 2.99. The van der Waals surface area contributed by atoms with Gasteiger partial charge in [0.2, 0.25) is 5.91 Å². The van der Waals surface area contributed by atoms with Crippen molar-refractivity contribution in [3.8, 4) is 0 Å². The average molecular weight is 404 g/mol. The van der Waals surface area contributed by atoms with Gasteiger partial charge >= 0.3 is 0 Å². The molecule has 3 aromatic rings. The Balaban J connectivity index is 1.85. The second kappa shape index (κ2) is 8.77. The predicted molar refractivity (Wildman–Crippen MR) is 112 cm³/mol. The fourth-order valence-electron chi connectivity index (χ4n) is 3.00. The Morgan fingerprint density at radius 3 is 2.70 bits per heavy atom. The van der Waals surface area contributed by atoms with Gasteiger partial charge < -0.3 is 9.88 Å². The number of fused-ring (bicyclic) bond motifs is 1. The maximum atomic E-state index is 12.2. The minimum absolute atomic E-state index is 0.0580. The fourth-order valence-corrected chi connectivity index (χ4v) is 3.33. The Bertz CT molecular complexity index is 952. The van der Waals surface area contributed by atoms with E-state index in [-0.39, 0.29) is 11.9 Å². The van der Waals surface area contributed by atoms with E-state index in [0.29, 0.717) is 29.4 Å². The highest BCUT2D eigenvalue weighted by Gasteiger charge is 2.14. The molecule has 1 N–H and O–H groups in total. The van der Waals surface area contributed by atoms with E-state index in [1.807, 2.05) is 43.3 Å². The Kier molecular flexibility index (Phi) is 6.40. The number of hydrogen-bond acceptors (Lipinski definition) is 2. The van der Waals surface area contributed by atoms with Gasteiger partial charge in [0.15, 0.2) is 0 Å². The molecule has 0 fully saturated rings. The molecule has 27 heavy (non-hydrogen) atoms. The summed E-state index contributed by atoms with van der Waals surface area (Å²) in [6.45, 7) is 4.66. The van der Waals surface area contributed by atoms with Crippen molar-refractivity contribution in [3.63, 3.8) is 0 Å². The van der Waals surface area contributed by atoms with Crippen LogP contribution >= 0.6 is 23.2 Å². The number of rotatable bonds is 7. The molecule has 1 aromatic heterocycles. The van der Waals surface area contributed by atoms with Crippen molar-refractivity contribution in [3.05, 3.63) is 63.9 Å². The molecule has 1 unspecified atom stereocenters. The van der Waals surface area contributed by atoms with Gasteiger partial charge in [-0.05, 0) is 43.2 Å². The SMILES string of the molecule is CCC(C)NC(=O)CCn1c(Cc2ccc(Cl)c(Cl)c2)nc2ccccc21. The number of carbonyl (C=O) groups is 1. The number of nitrogens with one attached hydrogen (secondary N) is 1. The number of para-hydroxylation sites is 2. The fraction of sp³-hybridized carbons (Fsp3) is 0.333. The third-order valence-electron chi connectivity index (χ3n) is 4.66. The van der Waals surface area contributed by atoms with Gasteiger partial charge in [0.05, 0.1) is 21.1 Å². The van der Waals surface area contributed by atoms with Gasteiger partial charge in [0.1, 0.15) is 5.82 Å². The van der Waals surface area contributed by atoms with Crippen molar-refractivity contribution in [2.45, 2.75) is 45.7 Å². The predicted octanol–water partition coefficient (Wildman–Crippen LogP) is 5.24. The lowest BCUT2D eigenvalue weighted by atomic mass is 10.1. The van der Waals surface area contributed by atoms with Crippen LogP contribution in [-0.2, 0) is 17.8 Å². The molecule has 0 spiro atoms. The number of benzene rings is 2. The number of amides is 1. The zero-order valence-corrected chi connectivity index (χ0v) is 17.0. The van der Waals surface area contributed by atoms with E-state index in [1.165, 1.54) is 0 Å². The van der Waals surface area contributed by atoms with E-state index < -0.39 is 0 Å². The van der Waals surface area contributed by atoms with Crippen LogP contribution in [0.5, 0.6) is 0 Å². The van der Waals surface area contributed by atoms with Crippen molar-refractivity contribution < 1.29 is 4.79 Å². The number of nitrogens with zero attached hydrogens (tertiary/aromatic N) is 2. The Morgan fingerprint density at radius 1 is 1.19 bits per heavy atom. The summed E-state index contributed by atoms with van der Waals surface area (Å²) in [6.07, 6.45) is 1.96. The highest BCUT2D eigenvalue weighted by Crippen LogP contribution is 2.25. The quantitative estimate of drug-likeness (QED) is 0.586. The lowest BCUT2D eigenvalue weighted by molar-refractivity contribution is -0.121. The summed E-state index contributed by atoms with van der Waals surface area (Å²) < 4.78 is 2.12. The van der Waals surface area contributed by atoms with E-state index in [1.54, 1.807) is 6.07 Å². The van der Waals surface area contributed by atoms with Gasteiger partial charge in [-0.2, -0.15) is 0 Å². The first kappa shape index (κ1) is 19.7. The Morgan fingerprint density at radius 2 is 1.96 bits per heavy atom. The summed E-state index contributed by atoms with van der Waals surface area (Å²) in [4.78, 5) is 17.0. The van der Waals surface area contributed by atoms with Gasteiger partial charge in [-0.25, -0.2) is 4.98 Å². The van der Waals surface area contributed by atoms with E-state index in [0.717, 1.165) is 28.8 Å². The molecule has 142 valence electrons. The van der Waals surface area contributed by atoms with Crippen LogP contribution in [0, 0.1) is 0 Å². The summed E-state index contributed by atoms with van der Waals surface area (Å²) >= 11 is 12.2. The van der Waals surface area contributed by atoms with Crippen LogP contribution in [0.15, 0.2) is 42.5 Å². The van der Waals surface area contributed by atoms with Gasteiger partial charge in [0.25, 0.3) is 0 Å². The van der Waals surface area contributed by atoms with Gasteiger partial charge in [0, 0.05) is 25.4 Å². The molecule has 0 radical (unpaired) electrons. The summed E-state index contributed by atoms with van der Waals surface area (Å²) in [5.74, 6) is 0.966. The second-order valence-corrected chi connectivity index (χ2v) is 7.53. The van der Waals surface area contributed by atoms with Crippen LogP contribution in [0.1, 0.15) is 38.1 Å². The lowest BCUT2D eigenvalue weighted by Crippen LogP contribution is -2.32. The van der Waals surface area contributed by atoms with Crippen LogP contribution in [0.3, 0.4) is 0 Å². The van der Waals surface area contributed by atoms with Crippen LogP contribution in [0.25, 0.3) is 11.0 Å². The number of aromatic nitrogens is 2. The molecule has 0 saturated carbocycles. The van der Waals surface area contributed by atoms with Crippen LogP contribution in [0.4, 0.5) is 0 Å². The van der Waals surface area contributed by atoms with E-state index >= 15 is 0 Å². The van der Waals surface area contributed by atoms with E-state index in [9.17, 15) is 4.79 Å². The van der Waals surface area contributed by atoms with Crippen molar-refractivity contribution in [1.82, 2.24) is 14.9 Å². The molecule has 0 saturated heterocycles. The van der Waals surface area contributed by atoms with Crippen LogP contribution in [-0.4, -0.2) is 21.5 Å². The third-order valence-corrected chi connectivity index (χ3v) is 5.40. The van der Waals surface area contributed by atoms with Crippen molar-refractivity contribution >= 4 is 40.1 Å². The molecule has 1 amide bonds. The Hall–Kier alpha value is -2.04. The molecular weight excluding hydrogens is 381 g/mol. The second-order valence-electron chi connectivity index (χ2n) is 6.72. The molecule has 3 rings (SSSR count).